The minimum atomic E-state index is -1.07. The first-order valence-electron chi connectivity index (χ1n) is 9.85. The van der Waals surface area contributed by atoms with Gasteiger partial charge in [0.25, 0.3) is 5.91 Å². The molecule has 0 aliphatic heterocycles. The van der Waals surface area contributed by atoms with E-state index in [0.29, 0.717) is 23.6 Å². The van der Waals surface area contributed by atoms with E-state index in [1.165, 1.54) is 13.0 Å². The van der Waals surface area contributed by atoms with Crippen molar-refractivity contribution < 1.29 is 19.1 Å². The van der Waals surface area contributed by atoms with Crippen LogP contribution in [0.15, 0.2) is 72.3 Å². The molecule has 0 radical (unpaired) electrons. The second-order valence-electron chi connectivity index (χ2n) is 6.77. The van der Waals surface area contributed by atoms with Gasteiger partial charge < -0.3 is 14.8 Å². The Kier molecular flexibility index (Phi) is 7.02. The van der Waals surface area contributed by atoms with Gasteiger partial charge in [0, 0.05) is 5.69 Å². The molecule has 31 heavy (non-hydrogen) atoms. The number of amides is 1. The van der Waals surface area contributed by atoms with Gasteiger partial charge in [-0.3, -0.25) is 4.79 Å². The van der Waals surface area contributed by atoms with Crippen molar-refractivity contribution >= 4 is 34.4 Å². The SMILES string of the molecule is CCOc1ccc(/C=C(\C#N)C(=O)O[C@H](C)C(=O)Nc2ccc3ccccc3c2)cc1. The monoisotopic (exact) mass is 414 g/mol. The number of nitriles is 1. The third kappa shape index (κ3) is 5.71. The van der Waals surface area contributed by atoms with Gasteiger partial charge in [-0.1, -0.05) is 42.5 Å². The van der Waals surface area contributed by atoms with Crippen LogP contribution in [0.5, 0.6) is 5.75 Å². The van der Waals surface area contributed by atoms with Crippen LogP contribution in [0.4, 0.5) is 5.69 Å². The maximum Gasteiger partial charge on any atom is 0.349 e. The number of ether oxygens (including phenoxy) is 2. The summed E-state index contributed by atoms with van der Waals surface area (Å²) in [5, 5.41) is 14.1. The molecule has 0 unspecified atom stereocenters. The highest BCUT2D eigenvalue weighted by Crippen LogP contribution is 2.19. The van der Waals surface area contributed by atoms with Gasteiger partial charge in [0.1, 0.15) is 17.4 Å². The van der Waals surface area contributed by atoms with Gasteiger partial charge in [-0.05, 0) is 60.5 Å². The molecule has 3 aromatic carbocycles. The Bertz CT molecular complexity index is 1160. The highest BCUT2D eigenvalue weighted by Gasteiger charge is 2.20. The average molecular weight is 414 g/mol. The Labute approximate surface area is 180 Å². The van der Waals surface area contributed by atoms with Crippen LogP contribution in [-0.4, -0.2) is 24.6 Å². The van der Waals surface area contributed by atoms with Crippen LogP contribution in [0.1, 0.15) is 19.4 Å². The Morgan fingerprint density at radius 1 is 1.06 bits per heavy atom. The molecule has 0 saturated carbocycles. The highest BCUT2D eigenvalue weighted by atomic mass is 16.5. The quantitative estimate of drug-likeness (QED) is 0.343. The molecule has 1 N–H and O–H groups in total. The topological polar surface area (TPSA) is 88.4 Å². The van der Waals surface area contributed by atoms with Crippen molar-refractivity contribution in [2.45, 2.75) is 20.0 Å². The molecule has 0 aromatic heterocycles. The summed E-state index contributed by atoms with van der Waals surface area (Å²) in [7, 11) is 0. The number of fused-ring (bicyclic) bond motifs is 1. The number of anilines is 1. The van der Waals surface area contributed by atoms with Crippen LogP contribution < -0.4 is 10.1 Å². The van der Waals surface area contributed by atoms with E-state index < -0.39 is 18.0 Å². The first-order valence-corrected chi connectivity index (χ1v) is 9.85. The molecule has 6 nitrogen and oxygen atoms in total. The Morgan fingerprint density at radius 3 is 2.45 bits per heavy atom. The molecular formula is C25H22N2O4. The summed E-state index contributed by atoms with van der Waals surface area (Å²) in [4.78, 5) is 24.8. The number of carbonyl (C=O) groups is 2. The molecule has 0 fully saturated rings. The van der Waals surface area contributed by atoms with Gasteiger partial charge in [0.05, 0.1) is 6.61 Å². The lowest BCUT2D eigenvalue weighted by Gasteiger charge is -2.13. The van der Waals surface area contributed by atoms with Gasteiger partial charge in [0.2, 0.25) is 0 Å². The van der Waals surface area contributed by atoms with Crippen molar-refractivity contribution in [3.8, 4) is 11.8 Å². The molecule has 3 aromatic rings. The summed E-state index contributed by atoms with van der Waals surface area (Å²) in [6, 6.07) is 22.1. The molecule has 1 atom stereocenters. The van der Waals surface area contributed by atoms with Gasteiger partial charge in [0.15, 0.2) is 6.10 Å². The minimum absolute atomic E-state index is 0.200. The zero-order chi connectivity index (χ0) is 22.2. The van der Waals surface area contributed by atoms with E-state index in [1.807, 2.05) is 49.4 Å². The number of hydrogen-bond donors (Lipinski definition) is 1. The largest absolute Gasteiger partial charge is 0.494 e. The van der Waals surface area contributed by atoms with Crippen molar-refractivity contribution in [1.29, 1.82) is 5.26 Å². The second kappa shape index (κ2) is 10.1. The minimum Gasteiger partial charge on any atom is -0.494 e. The van der Waals surface area contributed by atoms with E-state index in [4.69, 9.17) is 9.47 Å². The van der Waals surface area contributed by atoms with Crippen molar-refractivity contribution in [1.82, 2.24) is 0 Å². The standard InChI is InChI=1S/C25H22N2O4/c1-3-30-23-12-8-18(9-13-23)14-21(16-26)25(29)31-17(2)24(28)27-22-11-10-19-6-4-5-7-20(19)15-22/h4-15,17H,3H2,1-2H3,(H,27,28)/b21-14+/t17-/m1/s1. The maximum absolute atomic E-state index is 12.4. The fraction of sp³-hybridized carbons (Fsp3) is 0.160. The average Bonchev–Trinajstić information content (AvgIpc) is 2.78. The van der Waals surface area contributed by atoms with E-state index in [1.54, 1.807) is 30.3 Å². The van der Waals surface area contributed by atoms with Crippen molar-refractivity contribution in [2.75, 3.05) is 11.9 Å². The summed E-state index contributed by atoms with van der Waals surface area (Å²) in [5.41, 5.74) is 1.04. The number of nitrogens with zero attached hydrogens (tertiary/aromatic N) is 1. The predicted molar refractivity (Wildman–Crippen MR) is 119 cm³/mol. The van der Waals surface area contributed by atoms with Crippen molar-refractivity contribution in [3.63, 3.8) is 0 Å². The summed E-state index contributed by atoms with van der Waals surface area (Å²) < 4.78 is 10.6. The van der Waals surface area contributed by atoms with Crippen LogP contribution in [-0.2, 0) is 14.3 Å². The molecule has 0 bridgehead atoms. The molecule has 0 spiro atoms. The summed E-state index contributed by atoms with van der Waals surface area (Å²) in [6.45, 7) is 3.89. The molecular weight excluding hydrogens is 392 g/mol. The number of esters is 1. The maximum atomic E-state index is 12.4. The molecule has 0 aliphatic rings. The lowest BCUT2D eigenvalue weighted by Crippen LogP contribution is -2.30. The number of benzene rings is 3. The number of rotatable bonds is 7. The Balaban J connectivity index is 1.64. The van der Waals surface area contributed by atoms with Crippen LogP contribution in [0.3, 0.4) is 0 Å². The van der Waals surface area contributed by atoms with E-state index >= 15 is 0 Å². The van der Waals surface area contributed by atoms with E-state index in [0.717, 1.165) is 10.8 Å². The molecule has 6 heteroatoms. The first-order chi connectivity index (χ1) is 15.0. The van der Waals surface area contributed by atoms with Crippen LogP contribution in [0.2, 0.25) is 0 Å². The lowest BCUT2D eigenvalue weighted by atomic mass is 10.1. The zero-order valence-electron chi connectivity index (χ0n) is 17.3. The fourth-order valence-electron chi connectivity index (χ4n) is 2.92. The first kappa shape index (κ1) is 21.6. The van der Waals surface area contributed by atoms with E-state index in [-0.39, 0.29) is 5.57 Å². The van der Waals surface area contributed by atoms with Gasteiger partial charge in [-0.25, -0.2) is 4.79 Å². The lowest BCUT2D eigenvalue weighted by molar-refractivity contribution is -0.148. The third-order valence-corrected chi connectivity index (χ3v) is 4.51. The molecule has 0 heterocycles. The van der Waals surface area contributed by atoms with Gasteiger partial charge >= 0.3 is 5.97 Å². The second-order valence-corrected chi connectivity index (χ2v) is 6.77. The molecule has 1 amide bonds. The van der Waals surface area contributed by atoms with Crippen LogP contribution >= 0.6 is 0 Å². The van der Waals surface area contributed by atoms with Gasteiger partial charge in [-0.15, -0.1) is 0 Å². The summed E-state index contributed by atoms with van der Waals surface area (Å²) in [6.07, 6.45) is 0.336. The summed E-state index contributed by atoms with van der Waals surface area (Å²) in [5.74, 6) is -0.653. The number of nitrogens with one attached hydrogen (secondary N) is 1. The summed E-state index contributed by atoms with van der Waals surface area (Å²) >= 11 is 0. The molecule has 0 aliphatic carbocycles. The predicted octanol–water partition coefficient (Wildman–Crippen LogP) is 4.72. The molecule has 0 saturated heterocycles. The molecule has 156 valence electrons. The Hall–Kier alpha value is -4.11. The van der Waals surface area contributed by atoms with E-state index in [9.17, 15) is 14.9 Å². The van der Waals surface area contributed by atoms with Crippen LogP contribution in [0.25, 0.3) is 16.8 Å². The van der Waals surface area contributed by atoms with Gasteiger partial charge in [-0.2, -0.15) is 5.26 Å². The fourth-order valence-corrected chi connectivity index (χ4v) is 2.92. The highest BCUT2D eigenvalue weighted by molar-refractivity contribution is 6.01. The van der Waals surface area contributed by atoms with E-state index in [2.05, 4.69) is 5.32 Å². The van der Waals surface area contributed by atoms with Crippen molar-refractivity contribution in [3.05, 3.63) is 77.9 Å². The zero-order valence-corrected chi connectivity index (χ0v) is 17.3. The van der Waals surface area contributed by atoms with Crippen LogP contribution in [0, 0.1) is 11.3 Å². The number of carbonyl (C=O) groups excluding carboxylic acids is 2. The van der Waals surface area contributed by atoms with Crippen molar-refractivity contribution in [2.24, 2.45) is 0 Å². The molecule has 3 rings (SSSR count). The number of hydrogen-bond acceptors (Lipinski definition) is 5. The normalized spacial score (nSPS) is 12.0. The smallest absolute Gasteiger partial charge is 0.349 e. The third-order valence-electron chi connectivity index (χ3n) is 4.51. The Morgan fingerprint density at radius 2 is 1.77 bits per heavy atom.